The number of aryl methyl sites for hydroxylation is 2. The van der Waals surface area contributed by atoms with Crippen molar-refractivity contribution in [1.82, 2.24) is 20.1 Å². The van der Waals surface area contributed by atoms with E-state index < -0.39 is 0 Å². The molecule has 0 bridgehead atoms. The number of hydrogen-bond donors (Lipinski definition) is 1. The molecular formula is C16H19N5O. The van der Waals surface area contributed by atoms with Crippen LogP contribution in [0.4, 0.5) is 0 Å². The molecular weight excluding hydrogens is 278 g/mol. The minimum absolute atomic E-state index is 0.398. The van der Waals surface area contributed by atoms with Crippen LogP contribution in [0.25, 0.3) is 0 Å². The summed E-state index contributed by atoms with van der Waals surface area (Å²) in [7, 11) is 1.58. The first-order chi connectivity index (χ1) is 10.7. The second-order valence-corrected chi connectivity index (χ2v) is 5.54. The van der Waals surface area contributed by atoms with E-state index in [2.05, 4.69) is 26.2 Å². The SMILES string of the molecule is COc1ccc(CNC2CCc3nnc(C)n3C2)cc1C#N. The van der Waals surface area contributed by atoms with E-state index in [-0.39, 0.29) is 0 Å². The zero-order chi connectivity index (χ0) is 15.5. The molecule has 114 valence electrons. The van der Waals surface area contributed by atoms with E-state index in [1.807, 2.05) is 25.1 Å². The molecule has 0 saturated heterocycles. The van der Waals surface area contributed by atoms with Gasteiger partial charge in [0.05, 0.1) is 12.7 Å². The topological polar surface area (TPSA) is 75.8 Å². The van der Waals surface area contributed by atoms with Crippen LogP contribution in [0.3, 0.4) is 0 Å². The molecule has 0 amide bonds. The van der Waals surface area contributed by atoms with Crippen molar-refractivity contribution >= 4 is 0 Å². The fourth-order valence-electron chi connectivity index (χ4n) is 2.84. The summed E-state index contributed by atoms with van der Waals surface area (Å²) in [5, 5.41) is 21.0. The molecule has 0 aliphatic carbocycles. The second-order valence-electron chi connectivity index (χ2n) is 5.54. The Morgan fingerprint density at radius 2 is 2.32 bits per heavy atom. The van der Waals surface area contributed by atoms with Gasteiger partial charge in [0.15, 0.2) is 0 Å². The van der Waals surface area contributed by atoms with Gasteiger partial charge in [0.1, 0.15) is 23.5 Å². The van der Waals surface area contributed by atoms with Crippen molar-refractivity contribution < 1.29 is 4.74 Å². The Morgan fingerprint density at radius 3 is 3.09 bits per heavy atom. The molecule has 3 rings (SSSR count). The molecule has 2 aromatic rings. The molecule has 1 atom stereocenters. The molecule has 0 saturated carbocycles. The van der Waals surface area contributed by atoms with Crippen LogP contribution < -0.4 is 10.1 Å². The number of nitriles is 1. The molecule has 0 spiro atoms. The largest absolute Gasteiger partial charge is 0.495 e. The molecule has 1 unspecified atom stereocenters. The lowest BCUT2D eigenvalue weighted by molar-refractivity contribution is 0.375. The second kappa shape index (κ2) is 6.16. The maximum atomic E-state index is 9.14. The van der Waals surface area contributed by atoms with E-state index in [0.717, 1.165) is 43.1 Å². The summed E-state index contributed by atoms with van der Waals surface area (Å²) in [5.74, 6) is 2.66. The van der Waals surface area contributed by atoms with Crippen molar-refractivity contribution in [3.8, 4) is 11.8 Å². The lowest BCUT2D eigenvalue weighted by atomic mass is 10.1. The van der Waals surface area contributed by atoms with Crippen LogP contribution in [0.1, 0.15) is 29.2 Å². The van der Waals surface area contributed by atoms with Gasteiger partial charge in [-0.05, 0) is 31.0 Å². The third kappa shape index (κ3) is 2.81. The molecule has 6 heteroatoms. The molecule has 6 nitrogen and oxygen atoms in total. The molecule has 1 aliphatic rings. The number of benzene rings is 1. The Hall–Kier alpha value is -2.39. The van der Waals surface area contributed by atoms with Crippen molar-refractivity contribution in [1.29, 1.82) is 5.26 Å². The quantitative estimate of drug-likeness (QED) is 0.927. The van der Waals surface area contributed by atoms with Crippen LogP contribution in [-0.4, -0.2) is 27.9 Å². The molecule has 1 aromatic carbocycles. The maximum Gasteiger partial charge on any atom is 0.136 e. The summed E-state index contributed by atoms with van der Waals surface area (Å²) in [5.41, 5.74) is 1.66. The van der Waals surface area contributed by atoms with E-state index in [1.54, 1.807) is 7.11 Å². The van der Waals surface area contributed by atoms with Crippen LogP contribution in [0.5, 0.6) is 5.75 Å². The Morgan fingerprint density at radius 1 is 1.45 bits per heavy atom. The monoisotopic (exact) mass is 297 g/mol. The fourth-order valence-corrected chi connectivity index (χ4v) is 2.84. The maximum absolute atomic E-state index is 9.14. The van der Waals surface area contributed by atoms with Crippen LogP contribution in [0, 0.1) is 18.3 Å². The minimum atomic E-state index is 0.398. The van der Waals surface area contributed by atoms with Crippen molar-refractivity contribution in [3.63, 3.8) is 0 Å². The smallest absolute Gasteiger partial charge is 0.136 e. The summed E-state index contributed by atoms with van der Waals surface area (Å²) >= 11 is 0. The van der Waals surface area contributed by atoms with Crippen LogP contribution in [0.15, 0.2) is 18.2 Å². The van der Waals surface area contributed by atoms with E-state index >= 15 is 0 Å². The number of ether oxygens (including phenoxy) is 1. The third-order valence-corrected chi connectivity index (χ3v) is 4.11. The zero-order valence-electron chi connectivity index (χ0n) is 12.8. The predicted octanol–water partition coefficient (Wildman–Crippen LogP) is 1.57. The number of fused-ring (bicyclic) bond motifs is 1. The Balaban J connectivity index is 1.64. The van der Waals surface area contributed by atoms with Gasteiger partial charge in [-0.25, -0.2) is 0 Å². The summed E-state index contributed by atoms with van der Waals surface area (Å²) < 4.78 is 7.35. The van der Waals surface area contributed by atoms with Crippen LogP contribution >= 0.6 is 0 Å². The zero-order valence-corrected chi connectivity index (χ0v) is 12.8. The van der Waals surface area contributed by atoms with Crippen LogP contribution in [-0.2, 0) is 19.5 Å². The summed E-state index contributed by atoms with van der Waals surface area (Å²) in [6.45, 7) is 3.62. The Bertz CT molecular complexity index is 716. The first kappa shape index (κ1) is 14.5. The van der Waals surface area contributed by atoms with Crippen molar-refractivity contribution in [3.05, 3.63) is 41.0 Å². The number of nitrogens with one attached hydrogen (secondary N) is 1. The predicted molar refractivity (Wildman–Crippen MR) is 81.4 cm³/mol. The van der Waals surface area contributed by atoms with Gasteiger partial charge in [-0.1, -0.05) is 6.07 Å². The molecule has 1 aromatic heterocycles. The number of rotatable bonds is 4. The highest BCUT2D eigenvalue weighted by atomic mass is 16.5. The molecule has 0 fully saturated rings. The van der Waals surface area contributed by atoms with Gasteiger partial charge in [0.2, 0.25) is 0 Å². The molecule has 1 aliphatic heterocycles. The lowest BCUT2D eigenvalue weighted by Gasteiger charge is -2.25. The molecule has 1 N–H and O–H groups in total. The average molecular weight is 297 g/mol. The van der Waals surface area contributed by atoms with Gasteiger partial charge in [0, 0.05) is 25.6 Å². The number of methoxy groups -OCH3 is 1. The van der Waals surface area contributed by atoms with Crippen molar-refractivity contribution in [2.45, 2.75) is 38.9 Å². The Labute approximate surface area is 129 Å². The lowest BCUT2D eigenvalue weighted by Crippen LogP contribution is -2.37. The van der Waals surface area contributed by atoms with Crippen molar-refractivity contribution in [2.24, 2.45) is 0 Å². The highest BCUT2D eigenvalue weighted by Crippen LogP contribution is 2.19. The van der Waals surface area contributed by atoms with Gasteiger partial charge in [-0.3, -0.25) is 0 Å². The normalized spacial score (nSPS) is 16.9. The average Bonchev–Trinajstić information content (AvgIpc) is 2.93. The van der Waals surface area contributed by atoms with Gasteiger partial charge < -0.3 is 14.6 Å². The summed E-state index contributed by atoms with van der Waals surface area (Å²) in [6.07, 6.45) is 2.00. The number of nitrogens with zero attached hydrogens (tertiary/aromatic N) is 4. The fraction of sp³-hybridized carbons (Fsp3) is 0.438. The van der Waals surface area contributed by atoms with E-state index in [4.69, 9.17) is 10.00 Å². The Kier molecular flexibility index (Phi) is 4.07. The summed E-state index contributed by atoms with van der Waals surface area (Å²) in [6, 6.07) is 8.28. The van der Waals surface area contributed by atoms with E-state index in [1.165, 1.54) is 0 Å². The standard InChI is InChI=1S/C16H19N5O/c1-11-19-20-16-6-4-14(10-21(11)16)18-9-12-3-5-15(22-2)13(7-12)8-17/h3,5,7,14,18H,4,6,9-10H2,1-2H3. The van der Waals surface area contributed by atoms with Gasteiger partial charge >= 0.3 is 0 Å². The highest BCUT2D eigenvalue weighted by molar-refractivity contribution is 5.45. The van der Waals surface area contributed by atoms with Crippen LogP contribution in [0.2, 0.25) is 0 Å². The molecule has 2 heterocycles. The summed E-state index contributed by atoms with van der Waals surface area (Å²) in [4.78, 5) is 0. The highest BCUT2D eigenvalue weighted by Gasteiger charge is 2.20. The van der Waals surface area contributed by atoms with Crippen molar-refractivity contribution in [2.75, 3.05) is 7.11 Å². The van der Waals surface area contributed by atoms with Gasteiger partial charge in [0.25, 0.3) is 0 Å². The van der Waals surface area contributed by atoms with Gasteiger partial charge in [-0.15, -0.1) is 10.2 Å². The number of aromatic nitrogens is 3. The molecule has 22 heavy (non-hydrogen) atoms. The number of hydrogen-bond acceptors (Lipinski definition) is 5. The molecule has 0 radical (unpaired) electrons. The van der Waals surface area contributed by atoms with Gasteiger partial charge in [-0.2, -0.15) is 5.26 Å². The van der Waals surface area contributed by atoms with E-state index in [0.29, 0.717) is 17.4 Å². The first-order valence-corrected chi connectivity index (χ1v) is 7.40. The minimum Gasteiger partial charge on any atom is -0.495 e. The van der Waals surface area contributed by atoms with E-state index in [9.17, 15) is 0 Å². The third-order valence-electron chi connectivity index (χ3n) is 4.11. The first-order valence-electron chi connectivity index (χ1n) is 7.40.